The number of nitrogens with one attached hydrogen (secondary N) is 1. The molecule has 1 heterocycles. The summed E-state index contributed by atoms with van der Waals surface area (Å²) < 4.78 is 5.62. The molecule has 0 atom stereocenters. The predicted octanol–water partition coefficient (Wildman–Crippen LogP) is 2.97. The first-order valence-corrected chi connectivity index (χ1v) is 8.20. The summed E-state index contributed by atoms with van der Waals surface area (Å²) in [5.74, 6) is 2.37. The van der Waals surface area contributed by atoms with Gasteiger partial charge in [0.25, 0.3) is 0 Å². The molecule has 120 valence electrons. The number of aryl methyl sites for hydroxylation is 1. The summed E-state index contributed by atoms with van der Waals surface area (Å²) >= 11 is 0. The van der Waals surface area contributed by atoms with Gasteiger partial charge in [-0.05, 0) is 32.5 Å². The maximum Gasteiger partial charge on any atom is 0.218 e. The van der Waals surface area contributed by atoms with Crippen LogP contribution >= 0.6 is 0 Å². The van der Waals surface area contributed by atoms with Crippen LogP contribution in [0.5, 0.6) is 5.88 Å². The lowest BCUT2D eigenvalue weighted by molar-refractivity contribution is 0.302. The van der Waals surface area contributed by atoms with E-state index in [2.05, 4.69) is 47.9 Å². The smallest absolute Gasteiger partial charge is 0.218 e. The molecule has 0 aliphatic rings. The van der Waals surface area contributed by atoms with Crippen molar-refractivity contribution < 1.29 is 4.74 Å². The van der Waals surface area contributed by atoms with E-state index < -0.39 is 0 Å². The summed E-state index contributed by atoms with van der Waals surface area (Å²) in [7, 11) is 0. The van der Waals surface area contributed by atoms with Gasteiger partial charge in [-0.3, -0.25) is 0 Å². The van der Waals surface area contributed by atoms with Gasteiger partial charge in [-0.1, -0.05) is 27.7 Å². The Morgan fingerprint density at radius 2 is 1.90 bits per heavy atom. The Morgan fingerprint density at radius 1 is 1.14 bits per heavy atom. The van der Waals surface area contributed by atoms with E-state index in [0.717, 1.165) is 57.1 Å². The van der Waals surface area contributed by atoms with Crippen molar-refractivity contribution in [3.8, 4) is 5.88 Å². The van der Waals surface area contributed by atoms with Gasteiger partial charge in [0, 0.05) is 19.0 Å². The number of aromatic nitrogens is 2. The second-order valence-corrected chi connectivity index (χ2v) is 5.02. The summed E-state index contributed by atoms with van der Waals surface area (Å²) in [6, 6.07) is 1.90. The quantitative estimate of drug-likeness (QED) is 0.636. The van der Waals surface area contributed by atoms with Crippen LogP contribution in [0.15, 0.2) is 6.07 Å². The fraction of sp³-hybridized carbons (Fsp3) is 0.750. The molecule has 1 N–H and O–H groups in total. The second-order valence-electron chi connectivity index (χ2n) is 5.02. The Hall–Kier alpha value is -1.36. The Bertz CT molecular complexity index is 394. The van der Waals surface area contributed by atoms with Crippen LogP contribution in [0, 0.1) is 0 Å². The maximum atomic E-state index is 5.62. The van der Waals surface area contributed by atoms with Gasteiger partial charge in [0.1, 0.15) is 11.6 Å². The third kappa shape index (κ3) is 6.76. The van der Waals surface area contributed by atoms with Crippen LogP contribution in [-0.2, 0) is 6.42 Å². The maximum absolute atomic E-state index is 5.62. The van der Waals surface area contributed by atoms with Gasteiger partial charge in [-0.2, -0.15) is 4.98 Å². The summed E-state index contributed by atoms with van der Waals surface area (Å²) in [6.45, 7) is 13.5. The van der Waals surface area contributed by atoms with E-state index in [0.29, 0.717) is 12.5 Å². The molecule has 0 saturated heterocycles. The average Bonchev–Trinajstić information content (AvgIpc) is 2.52. The zero-order chi connectivity index (χ0) is 15.5. The molecule has 0 fully saturated rings. The van der Waals surface area contributed by atoms with Gasteiger partial charge in [0.2, 0.25) is 5.88 Å². The van der Waals surface area contributed by atoms with Crippen LogP contribution < -0.4 is 10.1 Å². The van der Waals surface area contributed by atoms with Crippen LogP contribution in [0.1, 0.15) is 46.4 Å². The van der Waals surface area contributed by atoms with Gasteiger partial charge in [-0.15, -0.1) is 0 Å². The molecule has 0 aliphatic carbocycles. The van der Waals surface area contributed by atoms with E-state index in [1.165, 1.54) is 0 Å². The molecule has 0 spiro atoms. The largest absolute Gasteiger partial charge is 0.478 e. The highest BCUT2D eigenvalue weighted by Crippen LogP contribution is 2.14. The Morgan fingerprint density at radius 3 is 2.52 bits per heavy atom. The minimum Gasteiger partial charge on any atom is -0.478 e. The molecule has 0 radical (unpaired) electrons. The van der Waals surface area contributed by atoms with E-state index in [9.17, 15) is 0 Å². The van der Waals surface area contributed by atoms with Crippen molar-refractivity contribution in [3.63, 3.8) is 0 Å². The standard InChI is InChI=1S/C16H30N4O/c1-5-12-21-16-13-15(18-14(6-2)19-16)17-10-9-11-20(7-3)8-4/h13H,5-12H2,1-4H3,(H,17,18,19). The lowest BCUT2D eigenvalue weighted by atomic mass is 10.3. The highest BCUT2D eigenvalue weighted by atomic mass is 16.5. The number of rotatable bonds is 11. The predicted molar refractivity (Wildman–Crippen MR) is 88.1 cm³/mol. The molecule has 0 aliphatic heterocycles. The van der Waals surface area contributed by atoms with Gasteiger partial charge in [0.05, 0.1) is 6.61 Å². The van der Waals surface area contributed by atoms with Crippen molar-refractivity contribution in [1.29, 1.82) is 0 Å². The molecule has 21 heavy (non-hydrogen) atoms. The fourth-order valence-corrected chi connectivity index (χ4v) is 2.06. The minimum atomic E-state index is 0.676. The molecule has 0 saturated carbocycles. The first-order valence-electron chi connectivity index (χ1n) is 8.20. The van der Waals surface area contributed by atoms with Gasteiger partial charge in [0.15, 0.2) is 0 Å². The highest BCUT2D eigenvalue weighted by molar-refractivity contribution is 5.38. The molecule has 5 heteroatoms. The molecule has 0 amide bonds. The molecule has 1 aromatic heterocycles. The van der Waals surface area contributed by atoms with Crippen molar-refractivity contribution in [1.82, 2.24) is 14.9 Å². The molecule has 1 rings (SSSR count). The third-order valence-electron chi connectivity index (χ3n) is 3.37. The normalized spacial score (nSPS) is 10.9. The van der Waals surface area contributed by atoms with Crippen LogP contribution in [0.2, 0.25) is 0 Å². The molecule has 1 aromatic rings. The summed E-state index contributed by atoms with van der Waals surface area (Å²) in [4.78, 5) is 11.3. The van der Waals surface area contributed by atoms with E-state index in [1.54, 1.807) is 0 Å². The van der Waals surface area contributed by atoms with E-state index >= 15 is 0 Å². The molecular weight excluding hydrogens is 264 g/mol. The average molecular weight is 294 g/mol. The van der Waals surface area contributed by atoms with E-state index in [4.69, 9.17) is 4.74 Å². The Balaban J connectivity index is 2.49. The molecule has 0 bridgehead atoms. The lowest BCUT2D eigenvalue weighted by Gasteiger charge is -2.18. The van der Waals surface area contributed by atoms with Crippen LogP contribution in [0.4, 0.5) is 5.82 Å². The Labute approximate surface area is 129 Å². The molecular formula is C16H30N4O. The zero-order valence-corrected chi connectivity index (χ0v) is 14.0. The first-order chi connectivity index (χ1) is 10.2. The van der Waals surface area contributed by atoms with Crippen LogP contribution in [0.3, 0.4) is 0 Å². The van der Waals surface area contributed by atoms with E-state index in [1.807, 2.05) is 6.07 Å². The van der Waals surface area contributed by atoms with Crippen molar-refractivity contribution in [2.75, 3.05) is 38.1 Å². The summed E-state index contributed by atoms with van der Waals surface area (Å²) in [5.41, 5.74) is 0. The first kappa shape index (κ1) is 17.7. The number of hydrogen-bond donors (Lipinski definition) is 1. The van der Waals surface area contributed by atoms with Crippen LogP contribution in [0.25, 0.3) is 0 Å². The SMILES string of the molecule is CCCOc1cc(NCCCN(CC)CC)nc(CC)n1. The second kappa shape index (κ2) is 10.4. The zero-order valence-electron chi connectivity index (χ0n) is 14.0. The number of hydrogen-bond acceptors (Lipinski definition) is 5. The fourth-order valence-electron chi connectivity index (χ4n) is 2.06. The number of ether oxygens (including phenoxy) is 1. The molecule has 0 aromatic carbocycles. The van der Waals surface area contributed by atoms with Crippen molar-refractivity contribution in [2.24, 2.45) is 0 Å². The molecule has 5 nitrogen and oxygen atoms in total. The van der Waals surface area contributed by atoms with Gasteiger partial charge >= 0.3 is 0 Å². The Kier molecular flexibility index (Phi) is 8.74. The van der Waals surface area contributed by atoms with Crippen LogP contribution in [-0.4, -0.2) is 47.7 Å². The summed E-state index contributed by atoms with van der Waals surface area (Å²) in [5, 5.41) is 3.38. The van der Waals surface area contributed by atoms with Gasteiger partial charge < -0.3 is 15.0 Å². The monoisotopic (exact) mass is 294 g/mol. The minimum absolute atomic E-state index is 0.676. The number of anilines is 1. The van der Waals surface area contributed by atoms with Crippen molar-refractivity contribution in [2.45, 2.75) is 47.0 Å². The summed E-state index contributed by atoms with van der Waals surface area (Å²) in [6.07, 6.45) is 2.91. The van der Waals surface area contributed by atoms with Gasteiger partial charge in [-0.25, -0.2) is 4.98 Å². The lowest BCUT2D eigenvalue weighted by Crippen LogP contribution is -2.25. The van der Waals surface area contributed by atoms with Crippen molar-refractivity contribution >= 4 is 5.82 Å². The molecule has 0 unspecified atom stereocenters. The third-order valence-corrected chi connectivity index (χ3v) is 3.37. The topological polar surface area (TPSA) is 50.3 Å². The highest BCUT2D eigenvalue weighted by Gasteiger charge is 2.05. The number of nitrogens with zero attached hydrogens (tertiary/aromatic N) is 3. The van der Waals surface area contributed by atoms with E-state index in [-0.39, 0.29) is 0 Å². The van der Waals surface area contributed by atoms with Crippen molar-refractivity contribution in [3.05, 3.63) is 11.9 Å².